The zero-order chi connectivity index (χ0) is 8.53. The Labute approximate surface area is 75.1 Å². The molecule has 68 valence electrons. The van der Waals surface area contributed by atoms with Crippen LogP contribution in [-0.2, 0) is 4.74 Å². The molecular formula is C9H19ClO. The fourth-order valence-electron chi connectivity index (χ4n) is 1.06. The lowest BCUT2D eigenvalue weighted by molar-refractivity contribution is 0.111. The van der Waals surface area contributed by atoms with Gasteiger partial charge in [-0.3, -0.25) is 0 Å². The number of unbranched alkanes of at least 4 members (excludes halogenated alkanes) is 3. The summed E-state index contributed by atoms with van der Waals surface area (Å²) < 4.78 is 5.15. The molecule has 0 spiro atoms. The monoisotopic (exact) mass is 178 g/mol. The van der Waals surface area contributed by atoms with Crippen molar-refractivity contribution in [2.24, 2.45) is 0 Å². The normalized spacial score (nSPS) is 13.4. The molecule has 0 aliphatic rings. The molecule has 0 fully saturated rings. The van der Waals surface area contributed by atoms with Gasteiger partial charge >= 0.3 is 0 Å². The minimum absolute atomic E-state index is 0.272. The number of hydrogen-bond donors (Lipinski definition) is 0. The molecule has 0 radical (unpaired) electrons. The van der Waals surface area contributed by atoms with Crippen molar-refractivity contribution in [1.29, 1.82) is 0 Å². The Kier molecular flexibility index (Phi) is 8.54. The highest BCUT2D eigenvalue weighted by Crippen LogP contribution is 2.08. The first kappa shape index (κ1) is 11.2. The van der Waals surface area contributed by atoms with Gasteiger partial charge in [-0.25, -0.2) is 0 Å². The third-order valence-electron chi connectivity index (χ3n) is 1.89. The van der Waals surface area contributed by atoms with Gasteiger partial charge in [-0.05, 0) is 6.42 Å². The molecule has 0 saturated carbocycles. The molecule has 0 aromatic rings. The van der Waals surface area contributed by atoms with Gasteiger partial charge in [-0.2, -0.15) is 0 Å². The average Bonchev–Trinajstić information content (AvgIpc) is 2.05. The number of methoxy groups -OCH3 is 1. The zero-order valence-electron chi connectivity index (χ0n) is 7.61. The highest BCUT2D eigenvalue weighted by Gasteiger charge is 2.03. The summed E-state index contributed by atoms with van der Waals surface area (Å²) in [6.45, 7) is 2.22. The van der Waals surface area contributed by atoms with Gasteiger partial charge in [0.1, 0.15) is 0 Å². The maximum absolute atomic E-state index is 5.66. The Hall–Kier alpha value is 0.250. The van der Waals surface area contributed by atoms with Crippen molar-refractivity contribution in [2.45, 2.75) is 45.1 Å². The summed E-state index contributed by atoms with van der Waals surface area (Å²) in [7, 11) is 1.73. The average molecular weight is 179 g/mol. The number of rotatable bonds is 7. The summed E-state index contributed by atoms with van der Waals surface area (Å²) in [5.74, 6) is 0.628. The molecule has 1 nitrogen and oxygen atoms in total. The van der Waals surface area contributed by atoms with Gasteiger partial charge in [0.05, 0.1) is 6.10 Å². The standard InChI is InChI=1S/C9H19ClO/c1-3-4-5-6-7-9(8-10)11-2/h9H,3-8H2,1-2H3. The molecule has 1 atom stereocenters. The van der Waals surface area contributed by atoms with E-state index in [0.717, 1.165) is 6.42 Å². The molecule has 0 N–H and O–H groups in total. The minimum atomic E-state index is 0.272. The van der Waals surface area contributed by atoms with Crippen LogP contribution >= 0.6 is 11.6 Å². The second-order valence-electron chi connectivity index (χ2n) is 2.86. The lowest BCUT2D eigenvalue weighted by Gasteiger charge is -2.10. The molecule has 1 unspecified atom stereocenters. The summed E-state index contributed by atoms with van der Waals surface area (Å²) in [6, 6.07) is 0. The van der Waals surface area contributed by atoms with Crippen LogP contribution in [0, 0.1) is 0 Å². The Morgan fingerprint density at radius 1 is 1.27 bits per heavy atom. The van der Waals surface area contributed by atoms with Crippen molar-refractivity contribution < 1.29 is 4.74 Å². The first-order valence-corrected chi connectivity index (χ1v) is 4.97. The van der Waals surface area contributed by atoms with Crippen molar-refractivity contribution >= 4 is 11.6 Å². The summed E-state index contributed by atoms with van der Waals surface area (Å²) in [5.41, 5.74) is 0. The number of hydrogen-bond acceptors (Lipinski definition) is 1. The van der Waals surface area contributed by atoms with Crippen molar-refractivity contribution in [3.8, 4) is 0 Å². The second-order valence-corrected chi connectivity index (χ2v) is 3.17. The van der Waals surface area contributed by atoms with Crippen LogP contribution in [0.4, 0.5) is 0 Å². The maximum Gasteiger partial charge on any atom is 0.0706 e. The molecule has 0 aromatic heterocycles. The van der Waals surface area contributed by atoms with E-state index in [1.165, 1.54) is 25.7 Å². The third-order valence-corrected chi connectivity index (χ3v) is 2.23. The van der Waals surface area contributed by atoms with Crippen molar-refractivity contribution in [2.75, 3.05) is 13.0 Å². The van der Waals surface area contributed by atoms with Gasteiger partial charge in [-0.15, -0.1) is 11.6 Å². The number of ether oxygens (including phenoxy) is 1. The van der Waals surface area contributed by atoms with E-state index in [-0.39, 0.29) is 6.10 Å². The molecule has 0 aliphatic heterocycles. The van der Waals surface area contributed by atoms with E-state index < -0.39 is 0 Å². The SMILES string of the molecule is CCCCCCC(CCl)OC. The summed E-state index contributed by atoms with van der Waals surface area (Å²) in [6.07, 6.45) is 6.57. The molecule has 0 saturated heterocycles. The lowest BCUT2D eigenvalue weighted by atomic mass is 10.1. The van der Waals surface area contributed by atoms with Crippen LogP contribution in [0.15, 0.2) is 0 Å². The predicted octanol–water partition coefficient (Wildman–Crippen LogP) is 3.21. The van der Waals surface area contributed by atoms with Crippen LogP contribution in [0.2, 0.25) is 0 Å². The van der Waals surface area contributed by atoms with E-state index in [1.807, 2.05) is 0 Å². The van der Waals surface area contributed by atoms with Crippen LogP contribution < -0.4 is 0 Å². The van der Waals surface area contributed by atoms with E-state index in [1.54, 1.807) is 7.11 Å². The lowest BCUT2D eigenvalue weighted by Crippen LogP contribution is -2.11. The first-order chi connectivity index (χ1) is 5.35. The summed E-state index contributed by atoms with van der Waals surface area (Å²) >= 11 is 5.66. The van der Waals surface area contributed by atoms with Crippen molar-refractivity contribution in [1.82, 2.24) is 0 Å². The van der Waals surface area contributed by atoms with E-state index in [4.69, 9.17) is 16.3 Å². The molecule has 0 rings (SSSR count). The Balaban J connectivity index is 3.07. The van der Waals surface area contributed by atoms with Crippen molar-refractivity contribution in [3.05, 3.63) is 0 Å². The van der Waals surface area contributed by atoms with E-state index in [0.29, 0.717) is 5.88 Å². The van der Waals surface area contributed by atoms with E-state index in [9.17, 15) is 0 Å². The van der Waals surface area contributed by atoms with Gasteiger partial charge < -0.3 is 4.74 Å². The third kappa shape index (κ3) is 6.64. The fraction of sp³-hybridized carbons (Fsp3) is 1.00. The van der Waals surface area contributed by atoms with Crippen LogP contribution in [0.5, 0.6) is 0 Å². The highest BCUT2D eigenvalue weighted by atomic mass is 35.5. The van der Waals surface area contributed by atoms with E-state index in [2.05, 4.69) is 6.92 Å². The Bertz CT molecular complexity index is 72.0. The van der Waals surface area contributed by atoms with Crippen LogP contribution in [0.25, 0.3) is 0 Å². The second kappa shape index (κ2) is 8.35. The predicted molar refractivity (Wildman–Crippen MR) is 50.3 cm³/mol. The molecule has 0 bridgehead atoms. The van der Waals surface area contributed by atoms with Gasteiger partial charge in [-0.1, -0.05) is 32.6 Å². The molecule has 0 aromatic carbocycles. The largest absolute Gasteiger partial charge is 0.380 e. The Morgan fingerprint density at radius 2 is 2.00 bits per heavy atom. The fourth-order valence-corrected chi connectivity index (χ4v) is 1.34. The summed E-state index contributed by atoms with van der Waals surface area (Å²) in [4.78, 5) is 0. The topological polar surface area (TPSA) is 9.23 Å². The molecule has 0 aliphatic carbocycles. The van der Waals surface area contributed by atoms with E-state index >= 15 is 0 Å². The van der Waals surface area contributed by atoms with Gasteiger partial charge in [0, 0.05) is 13.0 Å². The highest BCUT2D eigenvalue weighted by molar-refractivity contribution is 6.18. The quantitative estimate of drug-likeness (QED) is 0.430. The van der Waals surface area contributed by atoms with Crippen LogP contribution in [0.3, 0.4) is 0 Å². The van der Waals surface area contributed by atoms with Crippen molar-refractivity contribution in [3.63, 3.8) is 0 Å². The maximum atomic E-state index is 5.66. The smallest absolute Gasteiger partial charge is 0.0706 e. The van der Waals surface area contributed by atoms with Crippen LogP contribution in [0.1, 0.15) is 39.0 Å². The molecule has 0 heterocycles. The molecular weight excluding hydrogens is 160 g/mol. The van der Waals surface area contributed by atoms with Crippen LogP contribution in [-0.4, -0.2) is 19.1 Å². The van der Waals surface area contributed by atoms with Gasteiger partial charge in [0.15, 0.2) is 0 Å². The van der Waals surface area contributed by atoms with Gasteiger partial charge in [0.25, 0.3) is 0 Å². The summed E-state index contributed by atoms with van der Waals surface area (Å²) in [5, 5.41) is 0. The first-order valence-electron chi connectivity index (χ1n) is 4.43. The molecule has 2 heteroatoms. The Morgan fingerprint density at radius 3 is 2.45 bits per heavy atom. The zero-order valence-corrected chi connectivity index (χ0v) is 8.36. The molecule has 0 amide bonds. The minimum Gasteiger partial charge on any atom is -0.380 e. The number of halogens is 1. The number of alkyl halides is 1. The van der Waals surface area contributed by atoms with Gasteiger partial charge in [0.2, 0.25) is 0 Å². The molecule has 11 heavy (non-hydrogen) atoms.